The maximum atomic E-state index is 11.7. The van der Waals surface area contributed by atoms with Crippen molar-refractivity contribution in [3.63, 3.8) is 0 Å². The summed E-state index contributed by atoms with van der Waals surface area (Å²) < 4.78 is 16.4. The molecule has 6 heteroatoms. The summed E-state index contributed by atoms with van der Waals surface area (Å²) in [6.45, 7) is 4.12. The Hall–Kier alpha value is -2.63. The smallest absolute Gasteiger partial charge is 0.336 e. The van der Waals surface area contributed by atoms with E-state index in [0.717, 1.165) is 35.8 Å². The lowest BCUT2D eigenvalue weighted by Crippen LogP contribution is -2.03. The van der Waals surface area contributed by atoms with Gasteiger partial charge in [0, 0.05) is 22.9 Å². The third kappa shape index (κ3) is 2.68. The fraction of sp³-hybridized carbons (Fsp3) is 0.389. The Morgan fingerprint density at radius 3 is 2.92 bits per heavy atom. The van der Waals surface area contributed by atoms with Crippen molar-refractivity contribution in [2.75, 3.05) is 0 Å². The number of aryl methyl sites for hydroxylation is 2. The molecule has 0 unspecified atom stereocenters. The summed E-state index contributed by atoms with van der Waals surface area (Å²) in [5.74, 6) is 2.30. The number of ether oxygens (including phenoxy) is 1. The Balaban J connectivity index is 1.61. The summed E-state index contributed by atoms with van der Waals surface area (Å²) in [4.78, 5) is 16.1. The maximum Gasteiger partial charge on any atom is 0.336 e. The van der Waals surface area contributed by atoms with E-state index in [0.29, 0.717) is 29.0 Å². The molecule has 0 bridgehead atoms. The van der Waals surface area contributed by atoms with Crippen LogP contribution in [0.1, 0.15) is 48.5 Å². The van der Waals surface area contributed by atoms with E-state index in [1.165, 1.54) is 0 Å². The minimum Gasteiger partial charge on any atom is -0.485 e. The predicted molar refractivity (Wildman–Crippen MR) is 87.2 cm³/mol. The highest BCUT2D eigenvalue weighted by atomic mass is 16.5. The number of hydrogen-bond acceptors (Lipinski definition) is 6. The normalized spacial score (nSPS) is 14.2. The zero-order valence-electron chi connectivity index (χ0n) is 13.7. The van der Waals surface area contributed by atoms with Crippen LogP contribution in [0, 0.1) is 6.92 Å². The summed E-state index contributed by atoms with van der Waals surface area (Å²) >= 11 is 0. The van der Waals surface area contributed by atoms with Gasteiger partial charge in [0.2, 0.25) is 11.7 Å². The number of rotatable bonds is 5. The average Bonchev–Trinajstić information content (AvgIpc) is 3.33. The Bertz CT molecular complexity index is 953. The highest BCUT2D eigenvalue weighted by Gasteiger charge is 2.29. The Morgan fingerprint density at radius 2 is 2.17 bits per heavy atom. The van der Waals surface area contributed by atoms with Crippen LogP contribution >= 0.6 is 0 Å². The number of hydrogen-bond donors (Lipinski definition) is 0. The fourth-order valence-corrected chi connectivity index (χ4v) is 2.82. The van der Waals surface area contributed by atoms with E-state index in [1.807, 2.05) is 26.0 Å². The number of fused-ring (bicyclic) bond motifs is 1. The molecule has 4 rings (SSSR count). The van der Waals surface area contributed by atoms with Crippen molar-refractivity contribution in [3.05, 3.63) is 51.5 Å². The first-order valence-electron chi connectivity index (χ1n) is 8.17. The van der Waals surface area contributed by atoms with Gasteiger partial charge in [-0.15, -0.1) is 0 Å². The SMILES string of the molecule is CCc1cc(=O)oc2c(C)c(OCc3noc(C4CC4)n3)ccc12. The van der Waals surface area contributed by atoms with Crippen LogP contribution in [-0.2, 0) is 13.0 Å². The van der Waals surface area contributed by atoms with E-state index in [9.17, 15) is 4.79 Å². The van der Waals surface area contributed by atoms with Gasteiger partial charge in [-0.05, 0) is 43.9 Å². The lowest BCUT2D eigenvalue weighted by atomic mass is 10.0. The van der Waals surface area contributed by atoms with E-state index in [2.05, 4.69) is 10.1 Å². The molecule has 1 saturated carbocycles. The average molecular weight is 326 g/mol. The third-order valence-corrected chi connectivity index (χ3v) is 4.34. The molecule has 2 aromatic heterocycles. The van der Waals surface area contributed by atoms with Gasteiger partial charge in [0.05, 0.1) is 0 Å². The minimum atomic E-state index is -0.341. The Morgan fingerprint density at radius 1 is 1.33 bits per heavy atom. The van der Waals surface area contributed by atoms with E-state index in [4.69, 9.17) is 13.7 Å². The van der Waals surface area contributed by atoms with Gasteiger partial charge in [-0.2, -0.15) is 4.98 Å². The lowest BCUT2D eigenvalue weighted by Gasteiger charge is -2.10. The van der Waals surface area contributed by atoms with Gasteiger partial charge in [-0.25, -0.2) is 4.79 Å². The molecule has 2 heterocycles. The number of nitrogens with zero attached hydrogens (tertiary/aromatic N) is 2. The molecule has 0 saturated heterocycles. The van der Waals surface area contributed by atoms with Gasteiger partial charge < -0.3 is 13.7 Å². The van der Waals surface area contributed by atoms with E-state index < -0.39 is 0 Å². The van der Waals surface area contributed by atoms with Gasteiger partial charge >= 0.3 is 5.63 Å². The summed E-state index contributed by atoms with van der Waals surface area (Å²) in [6, 6.07) is 5.35. The molecule has 0 amide bonds. The maximum absolute atomic E-state index is 11.7. The number of benzene rings is 1. The molecule has 3 aromatic rings. The zero-order valence-corrected chi connectivity index (χ0v) is 13.7. The van der Waals surface area contributed by atoms with Crippen LogP contribution in [-0.4, -0.2) is 10.1 Å². The van der Waals surface area contributed by atoms with Crippen LogP contribution in [0.2, 0.25) is 0 Å². The summed E-state index contributed by atoms with van der Waals surface area (Å²) in [6.07, 6.45) is 3.00. The highest BCUT2D eigenvalue weighted by molar-refractivity contribution is 5.84. The highest BCUT2D eigenvalue weighted by Crippen LogP contribution is 2.38. The van der Waals surface area contributed by atoms with E-state index in [-0.39, 0.29) is 12.2 Å². The predicted octanol–water partition coefficient (Wildman–Crippen LogP) is 3.50. The molecule has 24 heavy (non-hydrogen) atoms. The molecule has 0 N–H and O–H groups in total. The quantitative estimate of drug-likeness (QED) is 0.668. The topological polar surface area (TPSA) is 78.4 Å². The standard InChI is InChI=1S/C18H18N2O4/c1-3-11-8-16(21)23-17-10(2)14(7-6-13(11)17)22-9-15-19-18(24-20-15)12-4-5-12/h6-8,12H,3-5,9H2,1-2H3. The van der Waals surface area contributed by atoms with E-state index >= 15 is 0 Å². The molecule has 1 fully saturated rings. The van der Waals surface area contributed by atoms with Crippen molar-refractivity contribution in [2.24, 2.45) is 0 Å². The Kier molecular flexibility index (Phi) is 3.59. The summed E-state index contributed by atoms with van der Waals surface area (Å²) in [5, 5.41) is 4.88. The lowest BCUT2D eigenvalue weighted by molar-refractivity contribution is 0.283. The van der Waals surface area contributed by atoms with Crippen LogP contribution in [0.25, 0.3) is 11.0 Å². The summed E-state index contributed by atoms with van der Waals surface area (Å²) in [5.41, 5.74) is 2.00. The molecule has 0 aliphatic heterocycles. The first kappa shape index (κ1) is 14.9. The molecule has 0 radical (unpaired) electrons. The molecule has 1 aromatic carbocycles. The molecular weight excluding hydrogens is 308 g/mol. The van der Waals surface area contributed by atoms with Gasteiger partial charge in [-0.3, -0.25) is 0 Å². The first-order valence-corrected chi connectivity index (χ1v) is 8.17. The van der Waals surface area contributed by atoms with Gasteiger partial charge in [0.1, 0.15) is 11.3 Å². The van der Waals surface area contributed by atoms with Crippen molar-refractivity contribution in [1.82, 2.24) is 10.1 Å². The Labute approximate surface area is 138 Å². The first-order chi connectivity index (χ1) is 11.7. The molecule has 124 valence electrons. The van der Waals surface area contributed by atoms with Crippen molar-refractivity contribution < 1.29 is 13.7 Å². The van der Waals surface area contributed by atoms with Crippen molar-refractivity contribution >= 4 is 11.0 Å². The third-order valence-electron chi connectivity index (χ3n) is 4.34. The van der Waals surface area contributed by atoms with E-state index in [1.54, 1.807) is 6.07 Å². The molecule has 0 spiro atoms. The zero-order chi connectivity index (χ0) is 16.7. The monoisotopic (exact) mass is 326 g/mol. The van der Waals surface area contributed by atoms with Crippen molar-refractivity contribution in [1.29, 1.82) is 0 Å². The molecule has 1 aliphatic rings. The molecule has 6 nitrogen and oxygen atoms in total. The van der Waals surface area contributed by atoms with Gasteiger partial charge in [0.25, 0.3) is 0 Å². The second-order valence-corrected chi connectivity index (χ2v) is 6.12. The van der Waals surface area contributed by atoms with Crippen LogP contribution in [0.5, 0.6) is 5.75 Å². The van der Waals surface area contributed by atoms with Crippen LogP contribution in [0.3, 0.4) is 0 Å². The molecular formula is C18H18N2O4. The molecule has 1 aliphatic carbocycles. The number of aromatic nitrogens is 2. The minimum absolute atomic E-state index is 0.222. The molecule has 0 atom stereocenters. The van der Waals surface area contributed by atoms with Gasteiger partial charge in [-0.1, -0.05) is 12.1 Å². The second kappa shape index (κ2) is 5.78. The van der Waals surface area contributed by atoms with Gasteiger partial charge in [0.15, 0.2) is 6.61 Å². The second-order valence-electron chi connectivity index (χ2n) is 6.12. The van der Waals surface area contributed by atoms with Crippen molar-refractivity contribution in [3.8, 4) is 5.75 Å². The largest absolute Gasteiger partial charge is 0.485 e. The van der Waals surface area contributed by atoms with Crippen LogP contribution in [0.4, 0.5) is 0 Å². The van der Waals surface area contributed by atoms with Crippen molar-refractivity contribution in [2.45, 2.75) is 45.6 Å². The van der Waals surface area contributed by atoms with Crippen LogP contribution in [0.15, 0.2) is 31.9 Å². The van der Waals surface area contributed by atoms with Crippen LogP contribution < -0.4 is 10.4 Å². The fourth-order valence-electron chi connectivity index (χ4n) is 2.82. The summed E-state index contributed by atoms with van der Waals surface area (Å²) in [7, 11) is 0.